The maximum absolute atomic E-state index is 10.9. The third kappa shape index (κ3) is 4.94. The first kappa shape index (κ1) is 13.5. The minimum Gasteiger partial charge on any atom is -0.480 e. The van der Waals surface area contributed by atoms with Gasteiger partial charge in [0.2, 0.25) is 0 Å². The van der Waals surface area contributed by atoms with Crippen molar-refractivity contribution in [2.45, 2.75) is 45.1 Å². The van der Waals surface area contributed by atoms with Crippen molar-refractivity contribution in [3.05, 3.63) is 0 Å². The van der Waals surface area contributed by atoms with E-state index in [1.54, 1.807) is 0 Å². The van der Waals surface area contributed by atoms with Crippen LogP contribution in [0.1, 0.15) is 39.0 Å². The van der Waals surface area contributed by atoms with Crippen LogP contribution in [-0.4, -0.2) is 36.9 Å². The molecule has 0 aromatic carbocycles. The fourth-order valence-electron chi connectivity index (χ4n) is 1.99. The molecule has 2 atom stereocenters. The minimum atomic E-state index is -0.726. The van der Waals surface area contributed by atoms with Crippen molar-refractivity contribution in [1.82, 2.24) is 5.32 Å². The van der Waals surface area contributed by atoms with E-state index in [0.29, 0.717) is 5.92 Å². The number of carboxylic acid groups (broad SMARTS) is 1. The monoisotopic (exact) mass is 229 g/mol. The Morgan fingerprint density at radius 3 is 3.00 bits per heavy atom. The lowest BCUT2D eigenvalue weighted by Crippen LogP contribution is -2.37. The Hall–Kier alpha value is -0.610. The molecule has 0 aromatic rings. The van der Waals surface area contributed by atoms with Crippen molar-refractivity contribution in [3.8, 4) is 0 Å². The summed E-state index contributed by atoms with van der Waals surface area (Å²) >= 11 is 0. The summed E-state index contributed by atoms with van der Waals surface area (Å²) in [6, 6.07) is -0.373. The molecule has 1 rings (SSSR count). The number of carboxylic acids is 1. The highest BCUT2D eigenvalue weighted by atomic mass is 16.5. The molecule has 0 amide bonds. The summed E-state index contributed by atoms with van der Waals surface area (Å²) in [5.41, 5.74) is 0. The van der Waals surface area contributed by atoms with Gasteiger partial charge in [0, 0.05) is 13.2 Å². The molecule has 1 aliphatic rings. The van der Waals surface area contributed by atoms with Crippen LogP contribution in [0.5, 0.6) is 0 Å². The van der Waals surface area contributed by atoms with Crippen LogP contribution in [-0.2, 0) is 9.53 Å². The highest BCUT2D eigenvalue weighted by Crippen LogP contribution is 2.15. The van der Waals surface area contributed by atoms with Gasteiger partial charge in [-0.15, -0.1) is 0 Å². The van der Waals surface area contributed by atoms with Gasteiger partial charge in [0.25, 0.3) is 0 Å². The molecule has 4 nitrogen and oxygen atoms in total. The Balaban J connectivity index is 2.13. The highest BCUT2D eigenvalue weighted by molar-refractivity contribution is 5.73. The molecule has 0 spiro atoms. The molecule has 2 unspecified atom stereocenters. The summed E-state index contributed by atoms with van der Waals surface area (Å²) in [5.74, 6) is -0.107. The summed E-state index contributed by atoms with van der Waals surface area (Å²) < 4.78 is 5.28. The normalized spacial score (nSPS) is 22.2. The second-order valence-corrected chi connectivity index (χ2v) is 4.51. The van der Waals surface area contributed by atoms with Crippen molar-refractivity contribution in [2.75, 3.05) is 19.8 Å². The van der Waals surface area contributed by atoms with Gasteiger partial charge in [-0.3, -0.25) is 4.79 Å². The maximum atomic E-state index is 10.9. The molecular formula is C12H23NO3. The van der Waals surface area contributed by atoms with Crippen LogP contribution in [0, 0.1) is 5.92 Å². The fourth-order valence-corrected chi connectivity index (χ4v) is 1.99. The predicted molar refractivity (Wildman–Crippen MR) is 62.5 cm³/mol. The Labute approximate surface area is 97.4 Å². The lowest BCUT2D eigenvalue weighted by atomic mass is 10.0. The van der Waals surface area contributed by atoms with E-state index in [4.69, 9.17) is 9.84 Å². The number of hydrogen-bond donors (Lipinski definition) is 2. The van der Waals surface area contributed by atoms with Crippen LogP contribution in [0.3, 0.4) is 0 Å². The zero-order valence-corrected chi connectivity index (χ0v) is 10.1. The first-order chi connectivity index (χ1) is 7.74. The topological polar surface area (TPSA) is 58.6 Å². The van der Waals surface area contributed by atoms with E-state index in [-0.39, 0.29) is 6.04 Å². The second-order valence-electron chi connectivity index (χ2n) is 4.51. The molecule has 0 bridgehead atoms. The quantitative estimate of drug-likeness (QED) is 0.664. The summed E-state index contributed by atoms with van der Waals surface area (Å²) in [5, 5.41) is 12.1. The Kier molecular flexibility index (Phi) is 6.42. The number of ether oxygens (including phenoxy) is 1. The highest BCUT2D eigenvalue weighted by Gasteiger charge is 2.18. The van der Waals surface area contributed by atoms with Gasteiger partial charge in [-0.2, -0.15) is 0 Å². The van der Waals surface area contributed by atoms with E-state index in [0.717, 1.165) is 51.9 Å². The second kappa shape index (κ2) is 7.63. The average Bonchev–Trinajstić information content (AvgIpc) is 2.75. The summed E-state index contributed by atoms with van der Waals surface area (Å²) in [7, 11) is 0. The van der Waals surface area contributed by atoms with Crippen LogP contribution >= 0.6 is 0 Å². The van der Waals surface area contributed by atoms with E-state index >= 15 is 0 Å². The lowest BCUT2D eigenvalue weighted by Gasteiger charge is -2.15. The number of aliphatic carboxylic acids is 1. The smallest absolute Gasteiger partial charge is 0.320 e. The average molecular weight is 229 g/mol. The zero-order chi connectivity index (χ0) is 11.8. The van der Waals surface area contributed by atoms with Gasteiger partial charge in [0.05, 0.1) is 0 Å². The molecule has 0 saturated carbocycles. The van der Waals surface area contributed by atoms with Crippen LogP contribution in [0.25, 0.3) is 0 Å². The molecule has 16 heavy (non-hydrogen) atoms. The van der Waals surface area contributed by atoms with Gasteiger partial charge >= 0.3 is 5.97 Å². The van der Waals surface area contributed by atoms with Crippen LogP contribution in [0.4, 0.5) is 0 Å². The van der Waals surface area contributed by atoms with Crippen LogP contribution in [0.2, 0.25) is 0 Å². The summed E-state index contributed by atoms with van der Waals surface area (Å²) in [6.07, 6.45) is 4.88. The van der Waals surface area contributed by atoms with Gasteiger partial charge in [-0.25, -0.2) is 0 Å². The van der Waals surface area contributed by atoms with Crippen LogP contribution in [0.15, 0.2) is 0 Å². The molecule has 0 aromatic heterocycles. The molecule has 94 valence electrons. The Bertz CT molecular complexity index is 202. The number of hydrogen-bond acceptors (Lipinski definition) is 3. The molecule has 0 aliphatic carbocycles. The van der Waals surface area contributed by atoms with E-state index < -0.39 is 5.97 Å². The molecule has 1 saturated heterocycles. The van der Waals surface area contributed by atoms with Gasteiger partial charge in [-0.1, -0.05) is 19.8 Å². The summed E-state index contributed by atoms with van der Waals surface area (Å²) in [4.78, 5) is 10.9. The molecular weight excluding hydrogens is 206 g/mol. The van der Waals surface area contributed by atoms with E-state index in [1.807, 2.05) is 0 Å². The minimum absolute atomic E-state index is 0.373. The predicted octanol–water partition coefficient (Wildman–Crippen LogP) is 1.65. The van der Waals surface area contributed by atoms with Crippen molar-refractivity contribution in [3.63, 3.8) is 0 Å². The molecule has 2 N–H and O–H groups in total. The zero-order valence-electron chi connectivity index (χ0n) is 10.1. The molecule has 1 heterocycles. The van der Waals surface area contributed by atoms with E-state index in [2.05, 4.69) is 12.2 Å². The molecule has 0 radical (unpaired) electrons. The van der Waals surface area contributed by atoms with E-state index in [1.165, 1.54) is 0 Å². The lowest BCUT2D eigenvalue weighted by molar-refractivity contribution is -0.139. The number of rotatable bonds is 8. The van der Waals surface area contributed by atoms with Crippen molar-refractivity contribution in [2.24, 2.45) is 5.92 Å². The Morgan fingerprint density at radius 1 is 1.62 bits per heavy atom. The molecule has 1 aliphatic heterocycles. The van der Waals surface area contributed by atoms with Crippen molar-refractivity contribution >= 4 is 5.97 Å². The SMILES string of the molecule is CCCCC(NCCC1CCOC1)C(=O)O. The van der Waals surface area contributed by atoms with Crippen molar-refractivity contribution < 1.29 is 14.6 Å². The largest absolute Gasteiger partial charge is 0.480 e. The first-order valence-corrected chi connectivity index (χ1v) is 6.28. The maximum Gasteiger partial charge on any atom is 0.320 e. The fraction of sp³-hybridized carbons (Fsp3) is 0.917. The first-order valence-electron chi connectivity index (χ1n) is 6.28. The number of unbranched alkanes of at least 4 members (excludes halogenated alkanes) is 1. The summed E-state index contributed by atoms with van der Waals surface area (Å²) in [6.45, 7) is 4.57. The third-order valence-electron chi connectivity index (χ3n) is 3.11. The van der Waals surface area contributed by atoms with Gasteiger partial charge in [0.15, 0.2) is 0 Å². The molecule has 1 fully saturated rings. The number of carbonyl (C=O) groups is 1. The standard InChI is InChI=1S/C12H23NO3/c1-2-3-4-11(12(14)15)13-7-5-10-6-8-16-9-10/h10-11,13H,2-9H2,1H3,(H,14,15). The van der Waals surface area contributed by atoms with Gasteiger partial charge in [-0.05, 0) is 31.7 Å². The van der Waals surface area contributed by atoms with Gasteiger partial charge < -0.3 is 15.2 Å². The Morgan fingerprint density at radius 2 is 2.44 bits per heavy atom. The van der Waals surface area contributed by atoms with Crippen molar-refractivity contribution in [1.29, 1.82) is 0 Å². The molecule has 4 heteroatoms. The van der Waals surface area contributed by atoms with Gasteiger partial charge in [0.1, 0.15) is 6.04 Å². The third-order valence-corrected chi connectivity index (χ3v) is 3.11. The van der Waals surface area contributed by atoms with E-state index in [9.17, 15) is 4.79 Å². The van der Waals surface area contributed by atoms with Crippen LogP contribution < -0.4 is 5.32 Å². The number of nitrogens with one attached hydrogen (secondary N) is 1.